The zero-order valence-electron chi connectivity index (χ0n) is 20.1. The van der Waals surface area contributed by atoms with E-state index in [4.69, 9.17) is 9.47 Å². The van der Waals surface area contributed by atoms with E-state index in [-0.39, 0.29) is 0 Å². The van der Waals surface area contributed by atoms with E-state index in [2.05, 4.69) is 40.9 Å². The number of hydrogen-bond acceptors (Lipinski definition) is 6. The molecule has 0 aromatic carbocycles. The topological polar surface area (TPSA) is 57.8 Å². The molecule has 7 atom stereocenters. The Morgan fingerprint density at radius 2 is 2.13 bits per heavy atom. The number of nitrogens with zero attached hydrogens (tertiary/aromatic N) is 1. The van der Waals surface area contributed by atoms with E-state index < -0.39 is 0 Å². The van der Waals surface area contributed by atoms with Crippen molar-refractivity contribution in [2.24, 2.45) is 11.8 Å². The lowest BCUT2D eigenvalue weighted by Gasteiger charge is -2.43. The molecule has 6 heteroatoms. The van der Waals surface area contributed by atoms with Gasteiger partial charge in [0, 0.05) is 50.9 Å². The van der Waals surface area contributed by atoms with E-state index in [0.29, 0.717) is 36.3 Å². The lowest BCUT2D eigenvalue weighted by atomic mass is 9.72. The first-order valence-corrected chi connectivity index (χ1v) is 12.9. The largest absolute Gasteiger partial charge is 0.385 e. The molecule has 7 unspecified atom stereocenters. The van der Waals surface area contributed by atoms with Gasteiger partial charge in [0.15, 0.2) is 0 Å². The molecule has 4 rings (SSSR count). The van der Waals surface area contributed by atoms with E-state index in [1.807, 2.05) is 0 Å². The van der Waals surface area contributed by atoms with Crippen LogP contribution >= 0.6 is 0 Å². The van der Waals surface area contributed by atoms with Crippen molar-refractivity contribution in [3.8, 4) is 0 Å². The molecule has 3 heterocycles. The molecule has 1 aliphatic carbocycles. The fourth-order valence-corrected chi connectivity index (χ4v) is 6.49. The summed E-state index contributed by atoms with van der Waals surface area (Å²) < 4.78 is 11.5. The third kappa shape index (κ3) is 6.52. The molecule has 6 nitrogen and oxygen atoms in total. The first-order valence-electron chi connectivity index (χ1n) is 12.9. The molecule has 178 valence electrons. The number of hydrogen-bond donors (Lipinski definition) is 3. The molecule has 0 radical (unpaired) electrons. The molecule has 0 spiro atoms. The highest BCUT2D eigenvalue weighted by Crippen LogP contribution is 2.43. The Kier molecular flexibility index (Phi) is 8.83. The quantitative estimate of drug-likeness (QED) is 0.403. The maximum absolute atomic E-state index is 6.31. The Bertz CT molecular complexity index is 586. The molecule has 0 amide bonds. The van der Waals surface area contributed by atoms with Crippen LogP contribution in [0.5, 0.6) is 0 Å². The lowest BCUT2D eigenvalue weighted by molar-refractivity contribution is 0.0188. The molecule has 3 N–H and O–H groups in total. The van der Waals surface area contributed by atoms with Crippen molar-refractivity contribution in [3.63, 3.8) is 0 Å². The predicted octanol–water partition coefficient (Wildman–Crippen LogP) is 2.50. The molecule has 3 fully saturated rings. The van der Waals surface area contributed by atoms with Crippen LogP contribution in [-0.2, 0) is 9.47 Å². The summed E-state index contributed by atoms with van der Waals surface area (Å²) in [6.45, 7) is 7.49. The van der Waals surface area contributed by atoms with Crippen LogP contribution in [0.3, 0.4) is 0 Å². The van der Waals surface area contributed by atoms with Gasteiger partial charge in [0.05, 0.1) is 12.3 Å². The molecule has 0 aromatic heterocycles. The van der Waals surface area contributed by atoms with Gasteiger partial charge in [-0.05, 0) is 84.3 Å². The minimum atomic E-state index is 0.405. The zero-order valence-corrected chi connectivity index (χ0v) is 20.1. The first-order chi connectivity index (χ1) is 15.1. The van der Waals surface area contributed by atoms with E-state index >= 15 is 0 Å². The minimum Gasteiger partial charge on any atom is -0.385 e. The molecular weight excluding hydrogens is 388 g/mol. The van der Waals surface area contributed by atoms with Gasteiger partial charge in [0.2, 0.25) is 0 Å². The van der Waals surface area contributed by atoms with Crippen molar-refractivity contribution >= 4 is 0 Å². The van der Waals surface area contributed by atoms with E-state index in [9.17, 15) is 0 Å². The normalized spacial score (nSPS) is 39.7. The second-order valence-electron chi connectivity index (χ2n) is 10.6. The summed E-state index contributed by atoms with van der Waals surface area (Å²) in [5, 5.41) is 11.7. The van der Waals surface area contributed by atoms with Gasteiger partial charge in [-0.3, -0.25) is 10.6 Å². The standard InChI is InChI=1S/C25H46N4O2/c1-18-14-21(26-9-5-12-30-3)17-24(27-18)28-22-15-20-8-13-31-25(20)23(16-22)19-6-4-10-29(2)11-7-19/h7,18,20-28H,4-6,8-17H2,1-3H3. The van der Waals surface area contributed by atoms with E-state index in [1.165, 1.54) is 45.1 Å². The van der Waals surface area contributed by atoms with E-state index in [0.717, 1.165) is 45.1 Å². The van der Waals surface area contributed by atoms with Crippen LogP contribution in [0.2, 0.25) is 0 Å². The highest BCUT2D eigenvalue weighted by atomic mass is 16.5. The van der Waals surface area contributed by atoms with Crippen LogP contribution in [0.4, 0.5) is 0 Å². The van der Waals surface area contributed by atoms with Gasteiger partial charge in [-0.2, -0.15) is 0 Å². The van der Waals surface area contributed by atoms with Gasteiger partial charge in [0.1, 0.15) is 0 Å². The van der Waals surface area contributed by atoms with Crippen molar-refractivity contribution in [2.75, 3.05) is 47.0 Å². The highest BCUT2D eigenvalue weighted by Gasteiger charge is 2.43. The maximum atomic E-state index is 6.31. The molecular formula is C25H46N4O2. The number of piperidine rings is 1. The SMILES string of the molecule is COCCCNC1CC(C)NC(NC2CC3CCOC3C(C3=CCN(C)CCC3)C2)C1. The van der Waals surface area contributed by atoms with Crippen molar-refractivity contribution in [1.82, 2.24) is 20.9 Å². The average Bonchev–Trinajstić information content (AvgIpc) is 3.11. The van der Waals surface area contributed by atoms with Gasteiger partial charge < -0.3 is 19.7 Å². The highest BCUT2D eigenvalue weighted by molar-refractivity contribution is 5.15. The molecule has 1 saturated carbocycles. The number of likely N-dealkylation sites (N-methyl/N-ethyl adjacent to an activating group) is 1. The second-order valence-corrected chi connectivity index (χ2v) is 10.6. The van der Waals surface area contributed by atoms with Crippen molar-refractivity contribution < 1.29 is 9.47 Å². The Hall–Kier alpha value is -0.500. The monoisotopic (exact) mass is 434 g/mol. The van der Waals surface area contributed by atoms with Crippen molar-refractivity contribution in [2.45, 2.75) is 88.7 Å². The molecule has 0 aromatic rings. The number of rotatable bonds is 8. The van der Waals surface area contributed by atoms with Gasteiger partial charge in [0.25, 0.3) is 0 Å². The predicted molar refractivity (Wildman–Crippen MR) is 126 cm³/mol. The maximum Gasteiger partial charge on any atom is 0.0670 e. The Morgan fingerprint density at radius 3 is 3.00 bits per heavy atom. The molecule has 0 bridgehead atoms. The van der Waals surface area contributed by atoms with E-state index in [1.54, 1.807) is 12.7 Å². The number of ether oxygens (including phenoxy) is 2. The Labute approximate surface area is 189 Å². The molecule has 31 heavy (non-hydrogen) atoms. The smallest absolute Gasteiger partial charge is 0.0670 e. The van der Waals surface area contributed by atoms with Gasteiger partial charge in [-0.25, -0.2) is 0 Å². The third-order valence-electron chi connectivity index (χ3n) is 7.97. The van der Waals surface area contributed by atoms with Crippen LogP contribution in [-0.4, -0.2) is 82.3 Å². The van der Waals surface area contributed by atoms with Crippen molar-refractivity contribution in [3.05, 3.63) is 11.6 Å². The fraction of sp³-hybridized carbons (Fsp3) is 0.920. The summed E-state index contributed by atoms with van der Waals surface area (Å²) in [5.74, 6) is 1.33. The summed E-state index contributed by atoms with van der Waals surface area (Å²) >= 11 is 0. The summed E-state index contributed by atoms with van der Waals surface area (Å²) in [4.78, 5) is 2.45. The zero-order chi connectivity index (χ0) is 21.6. The molecule has 4 aliphatic rings. The second kappa shape index (κ2) is 11.6. The minimum absolute atomic E-state index is 0.405. The van der Waals surface area contributed by atoms with Gasteiger partial charge in [-0.1, -0.05) is 11.6 Å². The van der Waals surface area contributed by atoms with Crippen LogP contribution < -0.4 is 16.0 Å². The summed E-state index contributed by atoms with van der Waals surface area (Å²) in [6, 6.07) is 1.73. The third-order valence-corrected chi connectivity index (χ3v) is 7.97. The van der Waals surface area contributed by atoms with Crippen molar-refractivity contribution in [1.29, 1.82) is 0 Å². The average molecular weight is 435 g/mol. The first kappa shape index (κ1) is 23.7. The molecule has 3 aliphatic heterocycles. The molecule has 2 saturated heterocycles. The van der Waals surface area contributed by atoms with Crippen LogP contribution in [0, 0.1) is 11.8 Å². The summed E-state index contributed by atoms with van der Waals surface area (Å²) in [5.41, 5.74) is 1.68. The van der Waals surface area contributed by atoms with Crippen LogP contribution in [0.15, 0.2) is 11.6 Å². The van der Waals surface area contributed by atoms with Crippen LogP contribution in [0.25, 0.3) is 0 Å². The van der Waals surface area contributed by atoms with Gasteiger partial charge >= 0.3 is 0 Å². The lowest BCUT2D eigenvalue weighted by Crippen LogP contribution is -2.59. The summed E-state index contributed by atoms with van der Waals surface area (Å²) in [6.07, 6.45) is 13.1. The Balaban J connectivity index is 1.35. The number of methoxy groups -OCH3 is 1. The fourth-order valence-electron chi connectivity index (χ4n) is 6.49. The van der Waals surface area contributed by atoms with Gasteiger partial charge in [-0.15, -0.1) is 0 Å². The van der Waals surface area contributed by atoms with Crippen LogP contribution in [0.1, 0.15) is 58.3 Å². The summed E-state index contributed by atoms with van der Waals surface area (Å²) in [7, 11) is 4.03. The number of nitrogens with one attached hydrogen (secondary N) is 3. The number of fused-ring (bicyclic) bond motifs is 1. The Morgan fingerprint density at radius 1 is 1.23 bits per heavy atom.